The molecule has 0 aliphatic carbocycles. The van der Waals surface area contributed by atoms with E-state index in [1.54, 1.807) is 32.5 Å². The quantitative estimate of drug-likeness (QED) is 0.610. The molecule has 0 radical (unpaired) electrons. The summed E-state index contributed by atoms with van der Waals surface area (Å²) in [4.78, 5) is 8.46. The second kappa shape index (κ2) is 8.80. The fraction of sp³-hybridized carbons (Fsp3) is 0.474. The van der Waals surface area contributed by atoms with E-state index in [2.05, 4.69) is 41.4 Å². The van der Waals surface area contributed by atoms with Crippen LogP contribution in [0.4, 0.5) is 4.39 Å². The molecule has 142 valence electrons. The molecular weight excluding hydrogens is 335 g/mol. The van der Waals surface area contributed by atoms with Gasteiger partial charge in [-0.3, -0.25) is 4.99 Å². The Morgan fingerprint density at radius 1 is 1.27 bits per heavy atom. The van der Waals surface area contributed by atoms with Crippen molar-refractivity contribution in [1.82, 2.24) is 15.6 Å². The maximum atomic E-state index is 13.7. The number of ether oxygens (including phenoxy) is 1. The lowest BCUT2D eigenvalue weighted by Gasteiger charge is -2.13. The van der Waals surface area contributed by atoms with Crippen LogP contribution in [0.5, 0.6) is 0 Å². The number of hydrogen-bond donors (Lipinski definition) is 2. The molecule has 0 bridgehead atoms. The summed E-state index contributed by atoms with van der Waals surface area (Å²) < 4.78 is 24.4. The van der Waals surface area contributed by atoms with Crippen LogP contribution in [0.2, 0.25) is 0 Å². The highest BCUT2D eigenvalue weighted by Gasteiger charge is 2.19. The number of halogens is 1. The lowest BCUT2D eigenvalue weighted by Crippen LogP contribution is -2.36. The van der Waals surface area contributed by atoms with Gasteiger partial charge in [0.05, 0.1) is 19.3 Å². The molecule has 1 heterocycles. The fourth-order valence-corrected chi connectivity index (χ4v) is 2.31. The first-order chi connectivity index (χ1) is 12.3. The molecule has 0 fully saturated rings. The highest BCUT2D eigenvalue weighted by atomic mass is 19.1. The normalized spacial score (nSPS) is 12.3. The lowest BCUT2D eigenvalue weighted by molar-refractivity contribution is 0.181. The molecule has 1 aromatic heterocycles. The predicted octanol–water partition coefficient (Wildman–Crippen LogP) is 3.12. The van der Waals surface area contributed by atoms with Crippen LogP contribution >= 0.6 is 0 Å². The monoisotopic (exact) mass is 362 g/mol. The fourth-order valence-electron chi connectivity index (χ4n) is 2.31. The van der Waals surface area contributed by atoms with E-state index in [0.717, 1.165) is 11.3 Å². The van der Waals surface area contributed by atoms with Crippen LogP contribution in [0, 0.1) is 5.82 Å². The van der Waals surface area contributed by atoms with E-state index in [9.17, 15) is 4.39 Å². The van der Waals surface area contributed by atoms with Gasteiger partial charge in [-0.05, 0) is 17.7 Å². The van der Waals surface area contributed by atoms with E-state index in [0.29, 0.717) is 30.5 Å². The number of methoxy groups -OCH3 is 1. The van der Waals surface area contributed by atoms with Gasteiger partial charge in [0, 0.05) is 31.7 Å². The number of guanidine groups is 1. The van der Waals surface area contributed by atoms with Gasteiger partial charge >= 0.3 is 0 Å². The summed E-state index contributed by atoms with van der Waals surface area (Å²) in [6, 6.07) is 4.96. The second-order valence-corrected chi connectivity index (χ2v) is 7.01. The van der Waals surface area contributed by atoms with Crippen LogP contribution in [-0.4, -0.2) is 25.1 Å². The smallest absolute Gasteiger partial charge is 0.213 e. The first-order valence-corrected chi connectivity index (χ1v) is 8.49. The Kier molecular flexibility index (Phi) is 6.74. The minimum Gasteiger partial charge on any atom is -0.443 e. The van der Waals surface area contributed by atoms with E-state index in [1.807, 2.05) is 0 Å². The van der Waals surface area contributed by atoms with Crippen molar-refractivity contribution in [3.8, 4) is 0 Å². The van der Waals surface area contributed by atoms with Crippen LogP contribution in [0.3, 0.4) is 0 Å². The number of hydrogen-bond acceptors (Lipinski definition) is 4. The number of rotatable bonds is 6. The van der Waals surface area contributed by atoms with Crippen molar-refractivity contribution in [2.75, 3.05) is 14.2 Å². The molecule has 0 aliphatic rings. The molecule has 0 saturated heterocycles. The highest BCUT2D eigenvalue weighted by molar-refractivity contribution is 5.79. The molecule has 6 nitrogen and oxygen atoms in total. The van der Waals surface area contributed by atoms with Crippen molar-refractivity contribution in [2.24, 2.45) is 4.99 Å². The number of nitrogens with zero attached hydrogens (tertiary/aromatic N) is 2. The maximum Gasteiger partial charge on any atom is 0.213 e. The second-order valence-electron chi connectivity index (χ2n) is 7.01. The Bertz CT molecular complexity index is 750. The van der Waals surface area contributed by atoms with Gasteiger partial charge in [0.15, 0.2) is 5.96 Å². The van der Waals surface area contributed by atoms with Gasteiger partial charge in [-0.2, -0.15) is 0 Å². The zero-order chi connectivity index (χ0) is 19.2. The average molecular weight is 362 g/mol. The molecule has 2 N–H and O–H groups in total. The minimum absolute atomic E-state index is 0.0757. The van der Waals surface area contributed by atoms with E-state index >= 15 is 0 Å². The van der Waals surface area contributed by atoms with Crippen molar-refractivity contribution in [1.29, 1.82) is 0 Å². The van der Waals surface area contributed by atoms with Gasteiger partial charge in [-0.15, -0.1) is 0 Å². The summed E-state index contributed by atoms with van der Waals surface area (Å²) in [5.74, 6) is 1.78. The third kappa shape index (κ3) is 5.56. The first-order valence-electron chi connectivity index (χ1n) is 8.49. The Labute approximate surface area is 153 Å². The van der Waals surface area contributed by atoms with Gasteiger partial charge in [0.1, 0.15) is 11.6 Å². The molecule has 7 heteroatoms. The van der Waals surface area contributed by atoms with E-state index in [4.69, 9.17) is 9.15 Å². The van der Waals surface area contributed by atoms with Crippen molar-refractivity contribution < 1.29 is 13.5 Å². The van der Waals surface area contributed by atoms with E-state index < -0.39 is 0 Å². The molecule has 0 unspecified atom stereocenters. The van der Waals surface area contributed by atoms with Crippen molar-refractivity contribution >= 4 is 5.96 Å². The summed E-state index contributed by atoms with van der Waals surface area (Å²) in [6.07, 6.45) is 1.75. The number of benzene rings is 1. The van der Waals surface area contributed by atoms with E-state index in [1.165, 1.54) is 6.07 Å². The predicted molar refractivity (Wildman–Crippen MR) is 99.4 cm³/mol. The Morgan fingerprint density at radius 3 is 2.62 bits per heavy atom. The summed E-state index contributed by atoms with van der Waals surface area (Å²) in [7, 11) is 3.23. The SMILES string of the molecule is CN=C(NCc1ccc(F)c(COC)c1)NCc1ncc(C(C)(C)C)o1. The maximum absolute atomic E-state index is 13.7. The van der Waals surface area contributed by atoms with Crippen LogP contribution < -0.4 is 10.6 Å². The van der Waals surface area contributed by atoms with Gasteiger partial charge in [-0.25, -0.2) is 9.37 Å². The first kappa shape index (κ1) is 19.9. The minimum atomic E-state index is -0.267. The lowest BCUT2D eigenvalue weighted by atomic mass is 9.94. The number of oxazole rings is 1. The zero-order valence-electron chi connectivity index (χ0n) is 16.0. The third-order valence-electron chi connectivity index (χ3n) is 3.79. The molecule has 2 rings (SSSR count). The van der Waals surface area contributed by atoms with Gasteiger partial charge < -0.3 is 19.8 Å². The molecule has 0 saturated carbocycles. The topological polar surface area (TPSA) is 71.7 Å². The third-order valence-corrected chi connectivity index (χ3v) is 3.79. The number of aliphatic imine (C=N–C) groups is 1. The summed E-state index contributed by atoms with van der Waals surface area (Å²) in [6.45, 7) is 7.40. The van der Waals surface area contributed by atoms with Crippen LogP contribution in [-0.2, 0) is 29.8 Å². The van der Waals surface area contributed by atoms with Crippen molar-refractivity contribution in [2.45, 2.75) is 45.9 Å². The van der Waals surface area contributed by atoms with Crippen LogP contribution in [0.15, 0.2) is 33.8 Å². The van der Waals surface area contributed by atoms with Gasteiger partial charge in [0.25, 0.3) is 0 Å². The Hall–Kier alpha value is -2.41. The molecule has 1 aromatic carbocycles. The standard InChI is InChI=1S/C19H27FN4O2/c1-19(2,3)16-10-22-17(26-16)11-24-18(21-4)23-9-13-6-7-15(20)14(8-13)12-25-5/h6-8,10H,9,11-12H2,1-5H3,(H2,21,23,24). The van der Waals surface area contributed by atoms with Crippen molar-refractivity contribution in [3.05, 3.63) is 53.0 Å². The van der Waals surface area contributed by atoms with Crippen LogP contribution in [0.25, 0.3) is 0 Å². The molecular formula is C19H27FN4O2. The molecule has 26 heavy (non-hydrogen) atoms. The average Bonchev–Trinajstić information content (AvgIpc) is 3.07. The molecule has 0 aliphatic heterocycles. The Morgan fingerprint density at radius 2 is 2.00 bits per heavy atom. The Balaban J connectivity index is 1.90. The van der Waals surface area contributed by atoms with E-state index in [-0.39, 0.29) is 17.8 Å². The van der Waals surface area contributed by atoms with Crippen LogP contribution in [0.1, 0.15) is 43.5 Å². The summed E-state index contributed by atoms with van der Waals surface area (Å²) in [5, 5.41) is 6.34. The number of nitrogens with one attached hydrogen (secondary N) is 2. The zero-order valence-corrected chi connectivity index (χ0v) is 16.0. The largest absolute Gasteiger partial charge is 0.443 e. The summed E-state index contributed by atoms with van der Waals surface area (Å²) >= 11 is 0. The summed E-state index contributed by atoms with van der Waals surface area (Å²) in [5.41, 5.74) is 1.39. The molecule has 0 spiro atoms. The molecule has 2 aromatic rings. The van der Waals surface area contributed by atoms with Gasteiger partial charge in [0.2, 0.25) is 5.89 Å². The van der Waals surface area contributed by atoms with Crippen molar-refractivity contribution in [3.63, 3.8) is 0 Å². The number of aromatic nitrogens is 1. The van der Waals surface area contributed by atoms with Gasteiger partial charge in [-0.1, -0.05) is 26.8 Å². The highest BCUT2D eigenvalue weighted by Crippen LogP contribution is 2.22. The molecule has 0 atom stereocenters. The molecule has 0 amide bonds.